The molecule has 0 aromatic rings. The van der Waals surface area contributed by atoms with E-state index in [1.54, 1.807) is 0 Å². The van der Waals surface area contributed by atoms with Gasteiger partial charge in [0.2, 0.25) is 6.29 Å². The molecule has 2 rings (SSSR count). The maximum absolute atomic E-state index is 12.9. The van der Waals surface area contributed by atoms with Crippen LogP contribution in [-0.2, 0) is 14.3 Å². The van der Waals surface area contributed by atoms with Gasteiger partial charge in [0.1, 0.15) is 0 Å². The molecule has 0 radical (unpaired) electrons. The van der Waals surface area contributed by atoms with Crippen LogP contribution in [0.4, 0.5) is 0 Å². The highest BCUT2D eigenvalue weighted by Gasteiger charge is 2.39. The van der Waals surface area contributed by atoms with E-state index in [-0.39, 0.29) is 24.3 Å². The average Bonchev–Trinajstić information content (AvgIpc) is 2.60. The van der Waals surface area contributed by atoms with Gasteiger partial charge < -0.3 is 24.4 Å². The summed E-state index contributed by atoms with van der Waals surface area (Å²) in [5.41, 5.74) is 0. The molecule has 1 saturated heterocycles. The fraction of sp³-hybridized carbons (Fsp3) is 0.842. The Hall–Kier alpha value is -1.11. The fourth-order valence-electron chi connectivity index (χ4n) is 3.68. The zero-order valence-electron chi connectivity index (χ0n) is 16.1. The molecule has 3 atom stereocenters. The van der Waals surface area contributed by atoms with Crippen LogP contribution in [0.25, 0.3) is 0 Å². The van der Waals surface area contributed by atoms with Crippen molar-refractivity contribution in [1.82, 2.24) is 9.80 Å². The molecule has 2 aliphatic rings. The molecule has 2 heterocycles. The average molecular weight is 354 g/mol. The van der Waals surface area contributed by atoms with Gasteiger partial charge in [0.05, 0.1) is 0 Å². The molecular weight excluding hydrogens is 320 g/mol. The molecule has 0 aromatic heterocycles. The van der Waals surface area contributed by atoms with Crippen LogP contribution < -0.4 is 0 Å². The molecule has 1 fully saturated rings. The number of piperazine rings is 1. The summed E-state index contributed by atoms with van der Waals surface area (Å²) < 4.78 is 11.8. The van der Waals surface area contributed by atoms with Crippen LogP contribution in [0, 0.1) is 17.8 Å². The van der Waals surface area contributed by atoms with Crippen LogP contribution in [0.2, 0.25) is 0 Å². The smallest absolute Gasteiger partial charge is 0.288 e. The highest BCUT2D eigenvalue weighted by atomic mass is 16.7. The van der Waals surface area contributed by atoms with Gasteiger partial charge in [-0.05, 0) is 44.7 Å². The van der Waals surface area contributed by atoms with Crippen LogP contribution in [0.1, 0.15) is 33.6 Å². The van der Waals surface area contributed by atoms with Gasteiger partial charge in [0, 0.05) is 45.3 Å². The molecule has 2 aliphatic heterocycles. The lowest BCUT2D eigenvalue weighted by Gasteiger charge is -2.40. The van der Waals surface area contributed by atoms with Crippen molar-refractivity contribution in [2.45, 2.75) is 39.9 Å². The number of aliphatic hydroxyl groups is 1. The van der Waals surface area contributed by atoms with Gasteiger partial charge in [0.15, 0.2) is 5.76 Å². The number of nitrogens with zero attached hydrogens (tertiary/aromatic N) is 2. The summed E-state index contributed by atoms with van der Waals surface area (Å²) in [7, 11) is 2.07. The Bertz CT molecular complexity index is 458. The Labute approximate surface area is 151 Å². The van der Waals surface area contributed by atoms with E-state index in [0.717, 1.165) is 39.0 Å². The Kier molecular flexibility index (Phi) is 7.72. The predicted molar refractivity (Wildman–Crippen MR) is 96.8 cm³/mol. The molecule has 25 heavy (non-hydrogen) atoms. The van der Waals surface area contributed by atoms with E-state index in [0.29, 0.717) is 18.3 Å². The first kappa shape index (κ1) is 20.2. The zero-order valence-corrected chi connectivity index (χ0v) is 16.1. The monoisotopic (exact) mass is 354 g/mol. The van der Waals surface area contributed by atoms with E-state index < -0.39 is 6.29 Å². The van der Waals surface area contributed by atoms with Crippen LogP contribution in [-0.4, -0.2) is 73.5 Å². The third-order valence-corrected chi connectivity index (χ3v) is 5.23. The topological polar surface area (TPSA) is 62.2 Å². The number of carbonyl (C=O) groups is 1. The molecule has 1 amide bonds. The van der Waals surface area contributed by atoms with Gasteiger partial charge >= 0.3 is 0 Å². The number of rotatable bonds is 7. The molecule has 144 valence electrons. The summed E-state index contributed by atoms with van der Waals surface area (Å²) >= 11 is 0. The minimum atomic E-state index is -0.416. The number of amides is 1. The maximum atomic E-state index is 12.9. The molecular formula is C19H34N2O4. The van der Waals surface area contributed by atoms with Crippen molar-refractivity contribution in [3.63, 3.8) is 0 Å². The molecule has 0 spiro atoms. The lowest BCUT2D eigenvalue weighted by molar-refractivity contribution is -0.178. The molecule has 1 N–H and O–H groups in total. The van der Waals surface area contributed by atoms with Gasteiger partial charge in [-0.2, -0.15) is 0 Å². The van der Waals surface area contributed by atoms with Gasteiger partial charge in [-0.15, -0.1) is 0 Å². The maximum Gasteiger partial charge on any atom is 0.288 e. The zero-order chi connectivity index (χ0) is 18.4. The summed E-state index contributed by atoms with van der Waals surface area (Å²) in [5, 5.41) is 9.21. The number of hydrogen-bond acceptors (Lipinski definition) is 5. The summed E-state index contributed by atoms with van der Waals surface area (Å²) in [6, 6.07) is 0. The van der Waals surface area contributed by atoms with Crippen molar-refractivity contribution in [3.05, 3.63) is 11.8 Å². The van der Waals surface area contributed by atoms with Crippen molar-refractivity contribution in [2.24, 2.45) is 17.8 Å². The van der Waals surface area contributed by atoms with Crippen molar-refractivity contribution in [2.75, 3.05) is 46.4 Å². The first-order chi connectivity index (χ1) is 12.0. The Morgan fingerprint density at radius 1 is 1.36 bits per heavy atom. The second-order valence-electron chi connectivity index (χ2n) is 7.42. The lowest BCUT2D eigenvalue weighted by Crippen LogP contribution is -2.49. The van der Waals surface area contributed by atoms with E-state index in [9.17, 15) is 9.90 Å². The minimum Gasteiger partial charge on any atom is -0.459 e. The largest absolute Gasteiger partial charge is 0.459 e. The summed E-state index contributed by atoms with van der Waals surface area (Å²) in [6.45, 7) is 10.2. The Morgan fingerprint density at radius 3 is 2.60 bits per heavy atom. The summed E-state index contributed by atoms with van der Waals surface area (Å²) in [5.74, 6) is 1.16. The summed E-state index contributed by atoms with van der Waals surface area (Å²) in [6.07, 6.45) is 3.14. The number of aliphatic hydroxyl groups excluding tert-OH is 1. The normalized spacial score (nSPS) is 28.0. The van der Waals surface area contributed by atoms with Gasteiger partial charge in [0.25, 0.3) is 5.91 Å². The summed E-state index contributed by atoms with van der Waals surface area (Å²) in [4.78, 5) is 17.0. The SMILES string of the molecule is CCO[C@H]1OC(C(=O)N2CCN(C)CC2)=C[C@@H](C(C)C)[C@@H]1CCCO. The van der Waals surface area contributed by atoms with E-state index >= 15 is 0 Å². The van der Waals surface area contributed by atoms with E-state index in [2.05, 4.69) is 25.8 Å². The van der Waals surface area contributed by atoms with E-state index in [1.807, 2.05) is 17.9 Å². The number of likely N-dealkylation sites (N-methyl/N-ethyl adjacent to an activating group) is 1. The highest BCUT2D eigenvalue weighted by Crippen LogP contribution is 2.37. The van der Waals surface area contributed by atoms with Crippen molar-refractivity contribution < 1.29 is 19.4 Å². The second-order valence-corrected chi connectivity index (χ2v) is 7.42. The van der Waals surface area contributed by atoms with Crippen LogP contribution in [0.15, 0.2) is 11.8 Å². The van der Waals surface area contributed by atoms with Crippen LogP contribution in [0.5, 0.6) is 0 Å². The van der Waals surface area contributed by atoms with Gasteiger partial charge in [-0.1, -0.05) is 13.8 Å². The molecule has 0 bridgehead atoms. The quantitative estimate of drug-likeness (QED) is 0.754. The van der Waals surface area contributed by atoms with Crippen molar-refractivity contribution in [1.29, 1.82) is 0 Å². The predicted octanol–water partition coefficient (Wildman–Crippen LogP) is 1.70. The molecule has 0 saturated carbocycles. The minimum absolute atomic E-state index is 0.0240. The van der Waals surface area contributed by atoms with Crippen LogP contribution in [0.3, 0.4) is 0 Å². The van der Waals surface area contributed by atoms with Crippen molar-refractivity contribution in [3.8, 4) is 0 Å². The third kappa shape index (κ3) is 5.19. The Morgan fingerprint density at radius 2 is 2.04 bits per heavy atom. The first-order valence-corrected chi connectivity index (χ1v) is 9.56. The fourth-order valence-corrected chi connectivity index (χ4v) is 3.68. The lowest BCUT2D eigenvalue weighted by atomic mass is 9.78. The molecule has 6 heteroatoms. The Balaban J connectivity index is 2.17. The van der Waals surface area contributed by atoms with E-state index in [1.165, 1.54) is 0 Å². The molecule has 6 nitrogen and oxygen atoms in total. The number of carbonyl (C=O) groups excluding carboxylic acids is 1. The number of allylic oxidation sites excluding steroid dienone is 1. The second kappa shape index (κ2) is 9.55. The van der Waals surface area contributed by atoms with E-state index in [4.69, 9.17) is 9.47 Å². The first-order valence-electron chi connectivity index (χ1n) is 9.56. The molecule has 0 aromatic carbocycles. The van der Waals surface area contributed by atoms with Gasteiger partial charge in [-0.3, -0.25) is 4.79 Å². The molecule has 0 aliphatic carbocycles. The molecule has 0 unspecified atom stereocenters. The number of hydrogen-bond donors (Lipinski definition) is 1. The van der Waals surface area contributed by atoms with Crippen LogP contribution >= 0.6 is 0 Å². The third-order valence-electron chi connectivity index (χ3n) is 5.23. The standard InChI is InChI=1S/C19H34N2O4/c1-5-24-19-15(7-6-12-22)16(14(2)3)13-17(25-19)18(23)21-10-8-20(4)9-11-21/h13-16,19,22H,5-12H2,1-4H3/t15-,16-,19-/m0/s1. The van der Waals surface area contributed by atoms with Crippen molar-refractivity contribution >= 4 is 5.91 Å². The van der Waals surface area contributed by atoms with Gasteiger partial charge in [-0.25, -0.2) is 0 Å². The highest BCUT2D eigenvalue weighted by molar-refractivity contribution is 5.91. The number of ether oxygens (including phenoxy) is 2.